The van der Waals surface area contributed by atoms with E-state index in [9.17, 15) is 18.0 Å². The van der Waals surface area contributed by atoms with Gasteiger partial charge in [0.25, 0.3) is 5.91 Å². The minimum atomic E-state index is -4.41. The highest BCUT2D eigenvalue weighted by Gasteiger charge is 2.30. The molecule has 1 aliphatic rings. The van der Waals surface area contributed by atoms with Crippen molar-refractivity contribution in [1.82, 2.24) is 9.97 Å². The Hall–Kier alpha value is -2.64. The number of benzene rings is 1. The summed E-state index contributed by atoms with van der Waals surface area (Å²) in [6.07, 6.45) is 5.45. The van der Waals surface area contributed by atoms with Gasteiger partial charge in [-0.15, -0.1) is 0 Å². The SMILES string of the molecule is O=C(Nc1ccc(C(F)(F)F)cc1)c1cnc(NC2CCCCCC2)nc1. The zero-order valence-corrected chi connectivity index (χ0v) is 14.7. The van der Waals surface area contributed by atoms with Crippen molar-refractivity contribution in [3.8, 4) is 0 Å². The maximum absolute atomic E-state index is 12.6. The van der Waals surface area contributed by atoms with Gasteiger partial charge < -0.3 is 10.6 Å². The first-order valence-corrected chi connectivity index (χ1v) is 8.99. The van der Waals surface area contributed by atoms with Crippen LogP contribution in [0.5, 0.6) is 0 Å². The van der Waals surface area contributed by atoms with E-state index in [-0.39, 0.29) is 11.3 Å². The highest BCUT2D eigenvalue weighted by molar-refractivity contribution is 6.03. The monoisotopic (exact) mass is 378 g/mol. The number of aromatic nitrogens is 2. The second-order valence-corrected chi connectivity index (χ2v) is 6.66. The number of halogens is 3. The Labute approximate surface area is 155 Å². The first kappa shape index (κ1) is 19.1. The van der Waals surface area contributed by atoms with Crippen LogP contribution in [-0.2, 0) is 6.18 Å². The predicted octanol–water partition coefficient (Wildman–Crippen LogP) is 4.88. The number of rotatable bonds is 4. The zero-order valence-electron chi connectivity index (χ0n) is 14.7. The summed E-state index contributed by atoms with van der Waals surface area (Å²) in [5, 5.41) is 5.84. The fourth-order valence-electron chi connectivity index (χ4n) is 3.07. The van der Waals surface area contributed by atoms with Gasteiger partial charge in [-0.3, -0.25) is 4.79 Å². The molecule has 3 rings (SSSR count). The molecular formula is C19H21F3N4O. The maximum Gasteiger partial charge on any atom is 0.416 e. The Bertz CT molecular complexity index is 752. The molecule has 1 saturated carbocycles. The number of hydrogen-bond donors (Lipinski definition) is 2. The van der Waals surface area contributed by atoms with Crippen molar-refractivity contribution in [2.24, 2.45) is 0 Å². The van der Waals surface area contributed by atoms with E-state index < -0.39 is 17.6 Å². The third kappa shape index (κ3) is 5.42. The van der Waals surface area contributed by atoms with Gasteiger partial charge in [0.15, 0.2) is 0 Å². The molecular weight excluding hydrogens is 357 g/mol. The molecule has 1 amide bonds. The Kier molecular flexibility index (Phi) is 5.93. The summed E-state index contributed by atoms with van der Waals surface area (Å²) in [6.45, 7) is 0. The van der Waals surface area contributed by atoms with Gasteiger partial charge >= 0.3 is 6.18 Å². The lowest BCUT2D eigenvalue weighted by molar-refractivity contribution is -0.137. The van der Waals surface area contributed by atoms with E-state index in [0.29, 0.717) is 12.0 Å². The van der Waals surface area contributed by atoms with Gasteiger partial charge in [0.05, 0.1) is 11.1 Å². The van der Waals surface area contributed by atoms with Gasteiger partial charge in [-0.2, -0.15) is 13.2 Å². The molecule has 0 saturated heterocycles. The van der Waals surface area contributed by atoms with Crippen LogP contribution in [0, 0.1) is 0 Å². The smallest absolute Gasteiger partial charge is 0.351 e. The van der Waals surface area contributed by atoms with Crippen LogP contribution in [0.15, 0.2) is 36.7 Å². The number of carbonyl (C=O) groups excluding carboxylic acids is 1. The molecule has 0 atom stereocenters. The van der Waals surface area contributed by atoms with Crippen LogP contribution in [-0.4, -0.2) is 21.9 Å². The molecule has 1 aromatic heterocycles. The quantitative estimate of drug-likeness (QED) is 0.744. The molecule has 1 fully saturated rings. The highest BCUT2D eigenvalue weighted by atomic mass is 19.4. The van der Waals surface area contributed by atoms with Crippen molar-refractivity contribution >= 4 is 17.5 Å². The van der Waals surface area contributed by atoms with E-state index in [2.05, 4.69) is 20.6 Å². The van der Waals surface area contributed by atoms with Crippen molar-refractivity contribution in [1.29, 1.82) is 0 Å². The fraction of sp³-hybridized carbons (Fsp3) is 0.421. The molecule has 1 aliphatic carbocycles. The molecule has 2 aromatic rings. The van der Waals surface area contributed by atoms with E-state index in [4.69, 9.17) is 0 Å². The van der Waals surface area contributed by atoms with Gasteiger partial charge in [-0.05, 0) is 37.1 Å². The van der Waals surface area contributed by atoms with E-state index >= 15 is 0 Å². The van der Waals surface area contributed by atoms with Crippen molar-refractivity contribution in [2.45, 2.75) is 50.7 Å². The normalized spacial score (nSPS) is 15.8. The zero-order chi connectivity index (χ0) is 19.3. The molecule has 1 aromatic carbocycles. The number of alkyl halides is 3. The summed E-state index contributed by atoms with van der Waals surface area (Å²) in [5.41, 5.74) is -0.257. The van der Waals surface area contributed by atoms with Crippen molar-refractivity contribution in [3.63, 3.8) is 0 Å². The van der Waals surface area contributed by atoms with E-state index in [0.717, 1.165) is 25.0 Å². The van der Waals surface area contributed by atoms with Crippen LogP contribution in [0.4, 0.5) is 24.8 Å². The van der Waals surface area contributed by atoms with Crippen LogP contribution in [0.1, 0.15) is 54.4 Å². The average molecular weight is 378 g/mol. The molecule has 0 spiro atoms. The summed E-state index contributed by atoms with van der Waals surface area (Å²) in [7, 11) is 0. The Morgan fingerprint density at radius 3 is 2.11 bits per heavy atom. The van der Waals surface area contributed by atoms with Crippen LogP contribution < -0.4 is 10.6 Å². The second-order valence-electron chi connectivity index (χ2n) is 6.66. The summed E-state index contributed by atoms with van der Waals surface area (Å²) in [6, 6.07) is 4.62. The Morgan fingerprint density at radius 1 is 0.963 bits per heavy atom. The number of anilines is 2. The van der Waals surface area contributed by atoms with Gasteiger partial charge in [0.2, 0.25) is 5.95 Å². The fourth-order valence-corrected chi connectivity index (χ4v) is 3.07. The third-order valence-corrected chi connectivity index (χ3v) is 4.57. The van der Waals surface area contributed by atoms with Gasteiger partial charge in [-0.25, -0.2) is 9.97 Å². The van der Waals surface area contributed by atoms with Crippen molar-refractivity contribution < 1.29 is 18.0 Å². The first-order chi connectivity index (χ1) is 12.9. The first-order valence-electron chi connectivity index (χ1n) is 8.99. The number of amides is 1. The third-order valence-electron chi connectivity index (χ3n) is 4.57. The molecule has 0 radical (unpaired) electrons. The van der Waals surface area contributed by atoms with Crippen molar-refractivity contribution in [2.75, 3.05) is 10.6 Å². The lowest BCUT2D eigenvalue weighted by Crippen LogP contribution is -2.20. The Morgan fingerprint density at radius 2 is 1.56 bits per heavy atom. The largest absolute Gasteiger partial charge is 0.416 e. The molecule has 8 heteroatoms. The predicted molar refractivity (Wildman–Crippen MR) is 96.5 cm³/mol. The molecule has 0 bridgehead atoms. The topological polar surface area (TPSA) is 66.9 Å². The minimum Gasteiger partial charge on any atom is -0.351 e. The minimum absolute atomic E-state index is 0.237. The molecule has 0 unspecified atom stereocenters. The molecule has 2 N–H and O–H groups in total. The molecule has 144 valence electrons. The standard InChI is InChI=1S/C19H21F3N4O/c20-19(21,22)14-7-9-16(10-8-14)25-17(27)13-11-23-18(24-12-13)26-15-5-3-1-2-4-6-15/h7-12,15H,1-6H2,(H,25,27)(H,23,24,26). The summed E-state index contributed by atoms with van der Waals surface area (Å²) < 4.78 is 37.7. The van der Waals surface area contributed by atoms with Gasteiger partial charge in [0, 0.05) is 24.1 Å². The van der Waals surface area contributed by atoms with E-state index in [1.165, 1.54) is 50.2 Å². The number of nitrogens with zero attached hydrogens (tertiary/aromatic N) is 2. The molecule has 1 heterocycles. The average Bonchev–Trinajstić information content (AvgIpc) is 2.91. The summed E-state index contributed by atoms with van der Waals surface area (Å²) in [4.78, 5) is 20.6. The van der Waals surface area contributed by atoms with E-state index in [1.807, 2.05) is 0 Å². The summed E-state index contributed by atoms with van der Waals surface area (Å²) >= 11 is 0. The molecule has 27 heavy (non-hydrogen) atoms. The van der Waals surface area contributed by atoms with Crippen LogP contribution in [0.3, 0.4) is 0 Å². The van der Waals surface area contributed by atoms with Crippen LogP contribution in [0.2, 0.25) is 0 Å². The number of carbonyl (C=O) groups is 1. The highest BCUT2D eigenvalue weighted by Crippen LogP contribution is 2.29. The molecule has 5 nitrogen and oxygen atoms in total. The maximum atomic E-state index is 12.6. The van der Waals surface area contributed by atoms with Crippen molar-refractivity contribution in [3.05, 3.63) is 47.8 Å². The number of nitrogens with one attached hydrogen (secondary N) is 2. The summed E-state index contributed by atoms with van der Waals surface area (Å²) in [5.74, 6) is 0.00348. The van der Waals surface area contributed by atoms with E-state index in [1.54, 1.807) is 0 Å². The Balaban J connectivity index is 1.58. The van der Waals surface area contributed by atoms with Gasteiger partial charge in [0.1, 0.15) is 0 Å². The van der Waals surface area contributed by atoms with Crippen LogP contribution >= 0.6 is 0 Å². The lowest BCUT2D eigenvalue weighted by Gasteiger charge is -2.15. The molecule has 0 aliphatic heterocycles. The number of hydrogen-bond acceptors (Lipinski definition) is 4. The lowest BCUT2D eigenvalue weighted by atomic mass is 10.1. The second kappa shape index (κ2) is 8.37. The van der Waals surface area contributed by atoms with Gasteiger partial charge in [-0.1, -0.05) is 25.7 Å². The van der Waals surface area contributed by atoms with Crippen LogP contribution in [0.25, 0.3) is 0 Å².